The zero-order valence-corrected chi connectivity index (χ0v) is 10.5. The van der Waals surface area contributed by atoms with Gasteiger partial charge in [0, 0.05) is 19.6 Å². The Hall–Kier alpha value is -1.39. The minimum atomic E-state index is 0.647. The first-order valence-corrected chi connectivity index (χ1v) is 6.58. The topological polar surface area (TPSA) is 53.9 Å². The molecule has 0 bridgehead atoms. The Kier molecular flexibility index (Phi) is 4.53. The molecule has 5 nitrogen and oxygen atoms in total. The van der Waals surface area contributed by atoms with Crippen molar-refractivity contribution < 1.29 is 0 Å². The van der Waals surface area contributed by atoms with Crippen LogP contribution in [0.1, 0.15) is 39.0 Å². The standard InChI is InChI=1S/C12H21N5/c1-2-7-13-12-15-11(10-14-16-12)17-8-5-3-4-6-9-17/h10H,2-9H2,1H3,(H,13,15,16). The van der Waals surface area contributed by atoms with Crippen LogP contribution in [0.3, 0.4) is 0 Å². The molecule has 1 aliphatic heterocycles. The zero-order chi connectivity index (χ0) is 11.9. The smallest absolute Gasteiger partial charge is 0.244 e. The van der Waals surface area contributed by atoms with E-state index >= 15 is 0 Å². The van der Waals surface area contributed by atoms with Crippen LogP contribution < -0.4 is 10.2 Å². The van der Waals surface area contributed by atoms with Crippen LogP contribution in [0.15, 0.2) is 6.20 Å². The third-order valence-electron chi connectivity index (χ3n) is 3.01. The van der Waals surface area contributed by atoms with Crippen molar-refractivity contribution in [1.82, 2.24) is 15.2 Å². The molecule has 1 aromatic rings. The number of hydrogen-bond acceptors (Lipinski definition) is 5. The lowest BCUT2D eigenvalue weighted by atomic mass is 10.2. The van der Waals surface area contributed by atoms with Gasteiger partial charge in [-0.05, 0) is 19.3 Å². The molecule has 0 amide bonds. The first-order chi connectivity index (χ1) is 8.40. The van der Waals surface area contributed by atoms with E-state index in [9.17, 15) is 0 Å². The quantitative estimate of drug-likeness (QED) is 0.866. The van der Waals surface area contributed by atoms with Gasteiger partial charge in [0.2, 0.25) is 5.95 Å². The van der Waals surface area contributed by atoms with Gasteiger partial charge in [0.05, 0.1) is 6.20 Å². The number of nitrogens with one attached hydrogen (secondary N) is 1. The fraction of sp³-hybridized carbons (Fsp3) is 0.750. The van der Waals surface area contributed by atoms with Crippen molar-refractivity contribution in [2.75, 3.05) is 29.9 Å². The van der Waals surface area contributed by atoms with Gasteiger partial charge in [-0.3, -0.25) is 0 Å². The van der Waals surface area contributed by atoms with E-state index in [1.807, 2.05) is 0 Å². The van der Waals surface area contributed by atoms with Gasteiger partial charge in [-0.15, -0.1) is 5.10 Å². The minimum Gasteiger partial charge on any atom is -0.355 e. The van der Waals surface area contributed by atoms with E-state index < -0.39 is 0 Å². The minimum absolute atomic E-state index is 0.647. The van der Waals surface area contributed by atoms with E-state index in [0.29, 0.717) is 5.95 Å². The Bertz CT molecular complexity index is 333. The van der Waals surface area contributed by atoms with Crippen LogP contribution in [-0.2, 0) is 0 Å². The van der Waals surface area contributed by atoms with Gasteiger partial charge in [-0.25, -0.2) is 0 Å². The maximum atomic E-state index is 4.52. The molecule has 5 heteroatoms. The summed E-state index contributed by atoms with van der Waals surface area (Å²) in [5.41, 5.74) is 0. The van der Waals surface area contributed by atoms with Gasteiger partial charge in [0.25, 0.3) is 0 Å². The molecule has 0 aliphatic carbocycles. The number of anilines is 2. The molecular formula is C12H21N5. The summed E-state index contributed by atoms with van der Waals surface area (Å²) < 4.78 is 0. The predicted octanol–water partition coefficient (Wildman–Crippen LogP) is 2.07. The van der Waals surface area contributed by atoms with Crippen molar-refractivity contribution >= 4 is 11.8 Å². The van der Waals surface area contributed by atoms with Gasteiger partial charge in [-0.2, -0.15) is 10.1 Å². The Morgan fingerprint density at radius 2 is 2.00 bits per heavy atom. The summed E-state index contributed by atoms with van der Waals surface area (Å²) >= 11 is 0. The van der Waals surface area contributed by atoms with Gasteiger partial charge >= 0.3 is 0 Å². The van der Waals surface area contributed by atoms with Crippen LogP contribution in [0.2, 0.25) is 0 Å². The Balaban J connectivity index is 2.03. The average molecular weight is 235 g/mol. The Labute approximate surface area is 103 Å². The van der Waals surface area contributed by atoms with E-state index in [1.54, 1.807) is 6.20 Å². The van der Waals surface area contributed by atoms with Crippen molar-refractivity contribution in [1.29, 1.82) is 0 Å². The van der Waals surface area contributed by atoms with E-state index in [2.05, 4.69) is 32.3 Å². The lowest BCUT2D eigenvalue weighted by molar-refractivity contribution is 0.726. The fourth-order valence-corrected chi connectivity index (χ4v) is 2.06. The third-order valence-corrected chi connectivity index (χ3v) is 3.01. The maximum Gasteiger partial charge on any atom is 0.244 e. The van der Waals surface area contributed by atoms with E-state index in [-0.39, 0.29) is 0 Å². The van der Waals surface area contributed by atoms with Crippen molar-refractivity contribution in [3.05, 3.63) is 6.20 Å². The molecule has 1 N–H and O–H groups in total. The molecule has 94 valence electrons. The number of hydrogen-bond donors (Lipinski definition) is 1. The lowest BCUT2D eigenvalue weighted by Gasteiger charge is -2.20. The molecule has 0 unspecified atom stereocenters. The zero-order valence-electron chi connectivity index (χ0n) is 10.5. The fourth-order valence-electron chi connectivity index (χ4n) is 2.06. The molecule has 17 heavy (non-hydrogen) atoms. The van der Waals surface area contributed by atoms with Crippen LogP contribution in [0.25, 0.3) is 0 Å². The van der Waals surface area contributed by atoms with Crippen LogP contribution in [0.4, 0.5) is 11.8 Å². The van der Waals surface area contributed by atoms with Gasteiger partial charge in [-0.1, -0.05) is 19.8 Å². The summed E-state index contributed by atoms with van der Waals surface area (Å²) in [7, 11) is 0. The molecule has 2 heterocycles. The summed E-state index contributed by atoms with van der Waals surface area (Å²) in [6.45, 7) is 5.20. The first kappa shape index (κ1) is 12.1. The second kappa shape index (κ2) is 6.37. The highest BCUT2D eigenvalue weighted by Crippen LogP contribution is 2.16. The highest BCUT2D eigenvalue weighted by molar-refractivity contribution is 5.40. The molecular weight excluding hydrogens is 214 g/mol. The maximum absolute atomic E-state index is 4.52. The summed E-state index contributed by atoms with van der Waals surface area (Å²) in [5, 5.41) is 11.2. The molecule has 1 saturated heterocycles. The average Bonchev–Trinajstić information content (AvgIpc) is 2.65. The molecule has 0 spiro atoms. The van der Waals surface area contributed by atoms with Crippen molar-refractivity contribution in [2.45, 2.75) is 39.0 Å². The summed E-state index contributed by atoms with van der Waals surface area (Å²) in [4.78, 5) is 6.84. The number of nitrogens with zero attached hydrogens (tertiary/aromatic N) is 4. The number of aromatic nitrogens is 3. The monoisotopic (exact) mass is 235 g/mol. The molecule has 0 radical (unpaired) electrons. The molecule has 1 aliphatic rings. The summed E-state index contributed by atoms with van der Waals surface area (Å²) in [6.07, 6.45) is 8.00. The summed E-state index contributed by atoms with van der Waals surface area (Å²) in [6, 6.07) is 0. The van der Waals surface area contributed by atoms with Crippen LogP contribution >= 0.6 is 0 Å². The molecule has 1 aromatic heterocycles. The number of rotatable bonds is 4. The van der Waals surface area contributed by atoms with Crippen LogP contribution in [0, 0.1) is 0 Å². The third kappa shape index (κ3) is 3.54. The van der Waals surface area contributed by atoms with Crippen LogP contribution in [0.5, 0.6) is 0 Å². The largest absolute Gasteiger partial charge is 0.355 e. The van der Waals surface area contributed by atoms with Gasteiger partial charge in [0.15, 0.2) is 5.82 Å². The second-order valence-electron chi connectivity index (χ2n) is 4.47. The normalized spacial score (nSPS) is 16.6. The van der Waals surface area contributed by atoms with E-state index in [4.69, 9.17) is 0 Å². The van der Waals surface area contributed by atoms with Crippen molar-refractivity contribution in [3.63, 3.8) is 0 Å². The first-order valence-electron chi connectivity index (χ1n) is 6.58. The van der Waals surface area contributed by atoms with Gasteiger partial charge in [0.1, 0.15) is 0 Å². The predicted molar refractivity (Wildman–Crippen MR) is 69.3 cm³/mol. The highest BCUT2D eigenvalue weighted by atomic mass is 15.3. The molecule has 0 saturated carbocycles. The van der Waals surface area contributed by atoms with E-state index in [1.165, 1.54) is 25.7 Å². The van der Waals surface area contributed by atoms with Gasteiger partial charge < -0.3 is 10.2 Å². The Morgan fingerprint density at radius 1 is 1.24 bits per heavy atom. The van der Waals surface area contributed by atoms with Crippen LogP contribution in [-0.4, -0.2) is 34.8 Å². The Morgan fingerprint density at radius 3 is 2.71 bits per heavy atom. The SMILES string of the molecule is CCCNc1nncc(N2CCCCCC2)n1. The van der Waals surface area contributed by atoms with E-state index in [0.717, 1.165) is 31.9 Å². The van der Waals surface area contributed by atoms with Crippen molar-refractivity contribution in [2.24, 2.45) is 0 Å². The lowest BCUT2D eigenvalue weighted by Crippen LogP contribution is -2.25. The summed E-state index contributed by atoms with van der Waals surface area (Å²) in [5.74, 6) is 1.61. The molecule has 2 rings (SSSR count). The second-order valence-corrected chi connectivity index (χ2v) is 4.47. The van der Waals surface area contributed by atoms with Crippen molar-refractivity contribution in [3.8, 4) is 0 Å². The molecule has 1 fully saturated rings. The highest BCUT2D eigenvalue weighted by Gasteiger charge is 2.12. The molecule has 0 aromatic carbocycles. The molecule has 0 atom stereocenters.